The molecule has 0 aliphatic rings. The van der Waals surface area contributed by atoms with E-state index in [2.05, 4.69) is 10.3 Å². The van der Waals surface area contributed by atoms with E-state index < -0.39 is 5.41 Å². The second-order valence-electron chi connectivity index (χ2n) is 7.61. The van der Waals surface area contributed by atoms with Crippen LogP contribution in [0.25, 0.3) is 11.3 Å². The number of anilines is 2. The average Bonchev–Trinajstić information content (AvgIpc) is 3.21. The molecule has 3 aromatic rings. The quantitative estimate of drug-likeness (QED) is 0.306. The van der Waals surface area contributed by atoms with E-state index in [1.165, 1.54) is 0 Å². The first-order valence-corrected chi connectivity index (χ1v) is 11.0. The van der Waals surface area contributed by atoms with E-state index in [1.54, 1.807) is 11.3 Å². The lowest BCUT2D eigenvalue weighted by atomic mass is 9.88. The summed E-state index contributed by atoms with van der Waals surface area (Å²) in [5, 5.41) is 6.22. The summed E-state index contributed by atoms with van der Waals surface area (Å²) in [4.78, 5) is 16.6. The Hall–Kier alpha value is -2.86. The molecule has 0 saturated carbocycles. The minimum absolute atomic E-state index is 0.154. The lowest BCUT2D eigenvalue weighted by Crippen LogP contribution is -2.27. The molecule has 0 saturated heterocycles. The first-order valence-electron chi connectivity index (χ1n) is 10.2. The van der Waals surface area contributed by atoms with Crippen molar-refractivity contribution < 1.29 is 14.3 Å². The van der Waals surface area contributed by atoms with Crippen molar-refractivity contribution in [3.05, 3.63) is 60.0 Å². The van der Waals surface area contributed by atoms with Crippen LogP contribution >= 0.6 is 11.3 Å². The predicted octanol–water partition coefficient (Wildman–Crippen LogP) is 6.30. The largest absolute Gasteiger partial charge is 0.494 e. The first kappa shape index (κ1) is 21.8. The van der Waals surface area contributed by atoms with Gasteiger partial charge in [0.1, 0.15) is 5.75 Å². The highest BCUT2D eigenvalue weighted by atomic mass is 32.1. The van der Waals surface area contributed by atoms with E-state index in [4.69, 9.17) is 9.47 Å². The maximum absolute atomic E-state index is 11.9. The Labute approximate surface area is 182 Å². The Bertz CT molecular complexity index is 937. The fourth-order valence-corrected chi connectivity index (χ4v) is 3.70. The Morgan fingerprint density at radius 3 is 2.53 bits per heavy atom. The van der Waals surface area contributed by atoms with Crippen LogP contribution in [0.4, 0.5) is 10.8 Å². The molecule has 1 aromatic heterocycles. The predicted molar refractivity (Wildman–Crippen MR) is 122 cm³/mol. The molecule has 0 spiro atoms. The van der Waals surface area contributed by atoms with E-state index in [0.29, 0.717) is 13.2 Å². The van der Waals surface area contributed by atoms with Crippen molar-refractivity contribution in [2.24, 2.45) is 5.41 Å². The minimum Gasteiger partial charge on any atom is -0.494 e. The number of para-hydroxylation sites is 1. The van der Waals surface area contributed by atoms with Crippen molar-refractivity contribution >= 4 is 28.1 Å². The summed E-state index contributed by atoms with van der Waals surface area (Å²) in [5.41, 5.74) is 2.51. The van der Waals surface area contributed by atoms with Gasteiger partial charge in [0.15, 0.2) is 5.13 Å². The molecule has 1 heterocycles. The number of carbonyl (C=O) groups is 1. The van der Waals surface area contributed by atoms with Crippen LogP contribution in [0.2, 0.25) is 0 Å². The molecule has 158 valence electrons. The SMILES string of the molecule is CCOC(=O)C(C)(C)CCCOc1ccc(-c2csc(Nc3ccccc3)n2)cc1. The van der Waals surface area contributed by atoms with Crippen LogP contribution < -0.4 is 10.1 Å². The summed E-state index contributed by atoms with van der Waals surface area (Å²) in [6.07, 6.45) is 1.51. The zero-order valence-corrected chi connectivity index (χ0v) is 18.5. The van der Waals surface area contributed by atoms with Gasteiger partial charge in [-0.3, -0.25) is 4.79 Å². The topological polar surface area (TPSA) is 60.5 Å². The number of esters is 1. The molecule has 0 bridgehead atoms. The summed E-state index contributed by atoms with van der Waals surface area (Å²) in [7, 11) is 0. The van der Waals surface area contributed by atoms with Crippen molar-refractivity contribution in [1.82, 2.24) is 4.98 Å². The van der Waals surface area contributed by atoms with E-state index >= 15 is 0 Å². The van der Waals surface area contributed by atoms with Gasteiger partial charge in [-0.05, 0) is 70.0 Å². The maximum Gasteiger partial charge on any atom is 0.311 e. The molecule has 2 aromatic carbocycles. The Morgan fingerprint density at radius 2 is 1.83 bits per heavy atom. The number of benzene rings is 2. The van der Waals surface area contributed by atoms with E-state index in [1.807, 2.05) is 80.7 Å². The number of hydrogen-bond donors (Lipinski definition) is 1. The Balaban J connectivity index is 1.49. The van der Waals surface area contributed by atoms with E-state index in [9.17, 15) is 4.79 Å². The summed E-state index contributed by atoms with van der Waals surface area (Å²) in [6, 6.07) is 17.9. The Morgan fingerprint density at radius 1 is 1.10 bits per heavy atom. The molecule has 30 heavy (non-hydrogen) atoms. The summed E-state index contributed by atoms with van der Waals surface area (Å²) in [5.74, 6) is 0.657. The third kappa shape index (κ3) is 6.07. The van der Waals surface area contributed by atoms with Gasteiger partial charge in [-0.15, -0.1) is 11.3 Å². The van der Waals surface area contributed by atoms with Gasteiger partial charge in [-0.2, -0.15) is 0 Å². The average molecular weight is 425 g/mol. The van der Waals surface area contributed by atoms with Gasteiger partial charge in [0.25, 0.3) is 0 Å². The fourth-order valence-electron chi connectivity index (χ4n) is 2.96. The molecule has 5 nitrogen and oxygen atoms in total. The molecular formula is C24H28N2O3S. The van der Waals surface area contributed by atoms with Gasteiger partial charge in [-0.1, -0.05) is 18.2 Å². The zero-order valence-electron chi connectivity index (χ0n) is 17.7. The van der Waals surface area contributed by atoms with Crippen LogP contribution in [-0.2, 0) is 9.53 Å². The third-order valence-corrected chi connectivity index (χ3v) is 5.48. The van der Waals surface area contributed by atoms with E-state index in [0.717, 1.165) is 40.7 Å². The minimum atomic E-state index is -0.487. The molecule has 0 unspecified atom stereocenters. The molecule has 3 rings (SSSR count). The van der Waals surface area contributed by atoms with Crippen molar-refractivity contribution in [2.75, 3.05) is 18.5 Å². The van der Waals surface area contributed by atoms with Crippen LogP contribution in [0, 0.1) is 5.41 Å². The lowest BCUT2D eigenvalue weighted by molar-refractivity contribution is -0.153. The number of aromatic nitrogens is 1. The number of ether oxygens (including phenoxy) is 2. The molecule has 0 amide bonds. The number of rotatable bonds is 10. The van der Waals surface area contributed by atoms with Crippen LogP contribution in [-0.4, -0.2) is 24.2 Å². The second-order valence-corrected chi connectivity index (χ2v) is 8.47. The van der Waals surface area contributed by atoms with Gasteiger partial charge in [-0.25, -0.2) is 4.98 Å². The molecule has 0 aliphatic heterocycles. The number of nitrogens with zero attached hydrogens (tertiary/aromatic N) is 1. The number of thiazole rings is 1. The Kier molecular flexibility index (Phi) is 7.46. The van der Waals surface area contributed by atoms with Gasteiger partial charge in [0.2, 0.25) is 0 Å². The molecule has 1 N–H and O–H groups in total. The molecule has 6 heteroatoms. The van der Waals surface area contributed by atoms with Crippen LogP contribution in [0.1, 0.15) is 33.6 Å². The zero-order chi connectivity index (χ0) is 21.4. The van der Waals surface area contributed by atoms with Crippen LogP contribution in [0.3, 0.4) is 0 Å². The fraction of sp³-hybridized carbons (Fsp3) is 0.333. The summed E-state index contributed by atoms with van der Waals surface area (Å²) in [6.45, 7) is 6.62. The number of carbonyl (C=O) groups excluding carboxylic acids is 1. The standard InChI is InChI=1S/C24H28N2O3S/c1-4-28-22(27)24(2,3)15-8-16-29-20-13-11-18(12-14-20)21-17-30-23(26-21)25-19-9-6-5-7-10-19/h5-7,9-14,17H,4,8,15-16H2,1-3H3,(H,25,26). The number of nitrogens with one attached hydrogen (secondary N) is 1. The highest BCUT2D eigenvalue weighted by molar-refractivity contribution is 7.14. The van der Waals surface area contributed by atoms with Crippen molar-refractivity contribution in [1.29, 1.82) is 0 Å². The normalized spacial score (nSPS) is 11.2. The highest BCUT2D eigenvalue weighted by Gasteiger charge is 2.28. The van der Waals surface area contributed by atoms with Gasteiger partial charge < -0.3 is 14.8 Å². The number of hydrogen-bond acceptors (Lipinski definition) is 6. The van der Waals surface area contributed by atoms with Gasteiger partial charge in [0.05, 0.1) is 24.3 Å². The lowest BCUT2D eigenvalue weighted by Gasteiger charge is -2.22. The third-order valence-electron chi connectivity index (χ3n) is 4.72. The van der Waals surface area contributed by atoms with Gasteiger partial charge in [0, 0.05) is 16.6 Å². The smallest absolute Gasteiger partial charge is 0.311 e. The molecule has 0 fully saturated rings. The van der Waals surface area contributed by atoms with Crippen molar-refractivity contribution in [2.45, 2.75) is 33.6 Å². The van der Waals surface area contributed by atoms with Crippen LogP contribution in [0.15, 0.2) is 60.0 Å². The maximum atomic E-state index is 11.9. The van der Waals surface area contributed by atoms with E-state index in [-0.39, 0.29) is 5.97 Å². The van der Waals surface area contributed by atoms with Crippen molar-refractivity contribution in [3.63, 3.8) is 0 Å². The molecule has 0 atom stereocenters. The van der Waals surface area contributed by atoms with Crippen molar-refractivity contribution in [3.8, 4) is 17.0 Å². The molecule has 0 aliphatic carbocycles. The molecule has 0 radical (unpaired) electrons. The highest BCUT2D eigenvalue weighted by Crippen LogP contribution is 2.29. The second kappa shape index (κ2) is 10.3. The first-order chi connectivity index (χ1) is 14.5. The van der Waals surface area contributed by atoms with Gasteiger partial charge >= 0.3 is 5.97 Å². The summed E-state index contributed by atoms with van der Waals surface area (Å²) >= 11 is 1.58. The molecular weight excluding hydrogens is 396 g/mol. The summed E-state index contributed by atoms with van der Waals surface area (Å²) < 4.78 is 11.0. The van der Waals surface area contributed by atoms with Crippen LogP contribution in [0.5, 0.6) is 5.75 Å². The monoisotopic (exact) mass is 424 g/mol.